The smallest absolute Gasteiger partial charge is 0.407 e. The molecule has 2 aromatic rings. The number of amides is 2. The summed E-state index contributed by atoms with van der Waals surface area (Å²) in [6.07, 6.45) is 1.55. The molecule has 1 aliphatic carbocycles. The zero-order valence-electron chi connectivity index (χ0n) is 19.8. The number of carboxylic acids is 1. The number of alkyl carbamates (subject to hydrolysis) is 1. The van der Waals surface area contributed by atoms with Crippen LogP contribution in [0, 0.1) is 5.41 Å². The summed E-state index contributed by atoms with van der Waals surface area (Å²) in [5.74, 6) is -1.02. The second kappa shape index (κ2) is 10.7. The van der Waals surface area contributed by atoms with Gasteiger partial charge in [0.05, 0.1) is 24.7 Å². The number of ether oxygens (including phenoxy) is 2. The largest absolute Gasteiger partial charge is 0.480 e. The van der Waals surface area contributed by atoms with Crippen molar-refractivity contribution in [2.75, 3.05) is 31.8 Å². The molecule has 2 aliphatic rings. The Kier molecular flexibility index (Phi) is 7.66. The van der Waals surface area contributed by atoms with Gasteiger partial charge in [-0.25, -0.2) is 9.59 Å². The number of hydrogen-bond acceptors (Lipinski definition) is 6. The first kappa shape index (κ1) is 25.1. The first-order valence-electron chi connectivity index (χ1n) is 11.6. The second-order valence-electron chi connectivity index (χ2n) is 9.10. The van der Waals surface area contributed by atoms with E-state index in [4.69, 9.17) is 9.47 Å². The molecule has 2 aromatic carbocycles. The highest BCUT2D eigenvalue weighted by molar-refractivity contribution is 7.98. The fourth-order valence-corrected chi connectivity index (χ4v) is 5.17. The molecule has 35 heavy (non-hydrogen) atoms. The van der Waals surface area contributed by atoms with E-state index in [1.54, 1.807) is 6.92 Å². The number of rotatable bonds is 9. The first-order valence-corrected chi connectivity index (χ1v) is 13.0. The monoisotopic (exact) mass is 498 g/mol. The number of carbonyl (C=O) groups excluding carboxylic acids is 2. The van der Waals surface area contributed by atoms with E-state index < -0.39 is 35.5 Å². The second-order valence-corrected chi connectivity index (χ2v) is 10.1. The number of benzene rings is 2. The third-order valence-corrected chi connectivity index (χ3v) is 7.47. The lowest BCUT2D eigenvalue weighted by Gasteiger charge is -2.30. The molecule has 0 aromatic heterocycles. The number of hydrogen-bond donors (Lipinski definition) is 3. The molecular formula is C26H30N2O6S. The fourth-order valence-electron chi connectivity index (χ4n) is 4.70. The quantitative estimate of drug-likeness (QED) is 0.486. The van der Waals surface area contributed by atoms with Gasteiger partial charge >= 0.3 is 12.1 Å². The van der Waals surface area contributed by atoms with Gasteiger partial charge in [-0.2, -0.15) is 11.8 Å². The average molecular weight is 499 g/mol. The summed E-state index contributed by atoms with van der Waals surface area (Å²) in [4.78, 5) is 37.3. The van der Waals surface area contributed by atoms with E-state index in [1.165, 1.54) is 11.8 Å². The van der Waals surface area contributed by atoms with E-state index in [-0.39, 0.29) is 25.7 Å². The molecule has 1 fully saturated rings. The number of carbonyl (C=O) groups is 3. The molecule has 1 heterocycles. The van der Waals surface area contributed by atoms with Crippen LogP contribution in [0.5, 0.6) is 0 Å². The molecule has 1 saturated heterocycles. The Morgan fingerprint density at radius 1 is 1.14 bits per heavy atom. The van der Waals surface area contributed by atoms with Gasteiger partial charge in [0.15, 0.2) is 0 Å². The van der Waals surface area contributed by atoms with Crippen molar-refractivity contribution in [2.24, 2.45) is 5.41 Å². The van der Waals surface area contributed by atoms with Crippen LogP contribution in [0.25, 0.3) is 11.1 Å². The number of fused-ring (bicyclic) bond motifs is 3. The van der Waals surface area contributed by atoms with Crippen LogP contribution < -0.4 is 10.6 Å². The first-order chi connectivity index (χ1) is 16.8. The van der Waals surface area contributed by atoms with Crippen LogP contribution >= 0.6 is 11.8 Å². The Balaban J connectivity index is 1.39. The van der Waals surface area contributed by atoms with Crippen LogP contribution in [0.4, 0.5) is 4.79 Å². The topological polar surface area (TPSA) is 114 Å². The maximum Gasteiger partial charge on any atom is 0.407 e. The lowest BCUT2D eigenvalue weighted by Crippen LogP contribution is -2.56. The lowest BCUT2D eigenvalue weighted by atomic mass is 9.84. The van der Waals surface area contributed by atoms with Crippen molar-refractivity contribution in [1.82, 2.24) is 10.6 Å². The van der Waals surface area contributed by atoms with Gasteiger partial charge in [0.1, 0.15) is 12.6 Å². The van der Waals surface area contributed by atoms with E-state index in [2.05, 4.69) is 22.8 Å². The summed E-state index contributed by atoms with van der Waals surface area (Å²) in [5.41, 5.74) is 3.39. The number of carboxylic acid groups (broad SMARTS) is 1. The third-order valence-electron chi connectivity index (χ3n) is 6.82. The summed E-state index contributed by atoms with van der Waals surface area (Å²) in [6.45, 7) is 2.03. The third kappa shape index (κ3) is 5.16. The van der Waals surface area contributed by atoms with Crippen LogP contribution in [0.1, 0.15) is 30.4 Å². The van der Waals surface area contributed by atoms with Crippen LogP contribution in [-0.4, -0.2) is 67.0 Å². The predicted molar refractivity (Wildman–Crippen MR) is 133 cm³/mol. The molecule has 3 atom stereocenters. The van der Waals surface area contributed by atoms with Crippen LogP contribution in [-0.2, 0) is 19.1 Å². The van der Waals surface area contributed by atoms with E-state index in [0.29, 0.717) is 12.2 Å². The molecular weight excluding hydrogens is 468 g/mol. The Hall–Kier alpha value is -3.04. The van der Waals surface area contributed by atoms with Crippen molar-refractivity contribution in [3.63, 3.8) is 0 Å². The normalized spacial score (nSPS) is 21.6. The van der Waals surface area contributed by atoms with Crippen LogP contribution in [0.15, 0.2) is 48.5 Å². The predicted octanol–water partition coefficient (Wildman–Crippen LogP) is 3.25. The van der Waals surface area contributed by atoms with Gasteiger partial charge in [-0.15, -0.1) is 0 Å². The molecule has 0 spiro atoms. The molecule has 186 valence electrons. The van der Waals surface area contributed by atoms with Gasteiger partial charge < -0.3 is 25.2 Å². The van der Waals surface area contributed by atoms with Crippen LogP contribution in [0.2, 0.25) is 0 Å². The Labute approximate surface area is 208 Å². The molecule has 8 nitrogen and oxygen atoms in total. The zero-order valence-corrected chi connectivity index (χ0v) is 20.6. The molecule has 3 N–H and O–H groups in total. The fraction of sp³-hybridized carbons (Fsp3) is 0.423. The molecule has 9 heteroatoms. The van der Waals surface area contributed by atoms with E-state index in [0.717, 1.165) is 22.3 Å². The SMILES string of the molecule is CSCCC(NC(=O)C1(C)COCC1NC(=O)OCC1c2ccccc2-c2ccccc21)C(=O)O. The van der Waals surface area contributed by atoms with Gasteiger partial charge in [-0.1, -0.05) is 48.5 Å². The summed E-state index contributed by atoms with van der Waals surface area (Å²) in [5, 5.41) is 14.8. The maximum atomic E-state index is 13.0. The molecule has 2 amide bonds. The molecule has 0 saturated carbocycles. The van der Waals surface area contributed by atoms with Gasteiger partial charge in [0.25, 0.3) is 0 Å². The zero-order chi connectivity index (χ0) is 25.0. The molecule has 0 bridgehead atoms. The Morgan fingerprint density at radius 3 is 2.37 bits per heavy atom. The summed E-state index contributed by atoms with van der Waals surface area (Å²) in [6, 6.07) is 14.5. The van der Waals surface area contributed by atoms with Gasteiger partial charge in [-0.05, 0) is 47.6 Å². The van der Waals surface area contributed by atoms with Crippen molar-refractivity contribution in [2.45, 2.75) is 31.3 Å². The van der Waals surface area contributed by atoms with Crippen molar-refractivity contribution in [3.8, 4) is 11.1 Å². The lowest BCUT2D eigenvalue weighted by molar-refractivity contribution is -0.144. The number of thioether (sulfide) groups is 1. The summed E-state index contributed by atoms with van der Waals surface area (Å²) < 4.78 is 11.1. The Morgan fingerprint density at radius 2 is 1.77 bits per heavy atom. The Bertz CT molecular complexity index is 1060. The highest BCUT2D eigenvalue weighted by atomic mass is 32.2. The minimum absolute atomic E-state index is 0.0715. The van der Waals surface area contributed by atoms with Crippen molar-refractivity contribution >= 4 is 29.7 Å². The number of aliphatic carboxylic acids is 1. The molecule has 4 rings (SSSR count). The maximum absolute atomic E-state index is 13.0. The highest BCUT2D eigenvalue weighted by Crippen LogP contribution is 2.44. The van der Waals surface area contributed by atoms with Crippen molar-refractivity contribution in [3.05, 3.63) is 59.7 Å². The molecule has 0 radical (unpaired) electrons. The van der Waals surface area contributed by atoms with E-state index in [9.17, 15) is 19.5 Å². The standard InChI is InChI=1S/C26H30N2O6S/c1-26(24(31)27-21(23(29)30)11-12-35-2)15-33-14-22(26)28-25(32)34-13-20-18-9-5-3-7-16(18)17-8-4-6-10-19(17)20/h3-10,20-22H,11-15H2,1-2H3,(H,27,31)(H,28,32)(H,29,30). The molecule has 3 unspecified atom stereocenters. The van der Waals surface area contributed by atoms with Gasteiger partial charge in [0.2, 0.25) is 5.91 Å². The van der Waals surface area contributed by atoms with Gasteiger partial charge in [0, 0.05) is 5.92 Å². The minimum Gasteiger partial charge on any atom is -0.480 e. The minimum atomic E-state index is -1.11. The van der Waals surface area contributed by atoms with Crippen LogP contribution in [0.3, 0.4) is 0 Å². The molecule has 1 aliphatic heterocycles. The van der Waals surface area contributed by atoms with Crippen molar-refractivity contribution < 1.29 is 29.0 Å². The summed E-state index contributed by atoms with van der Waals surface area (Å²) in [7, 11) is 0. The number of nitrogens with one attached hydrogen (secondary N) is 2. The highest BCUT2D eigenvalue weighted by Gasteiger charge is 2.48. The van der Waals surface area contributed by atoms with E-state index in [1.807, 2.05) is 42.7 Å². The van der Waals surface area contributed by atoms with E-state index >= 15 is 0 Å². The van der Waals surface area contributed by atoms with Crippen molar-refractivity contribution in [1.29, 1.82) is 0 Å². The van der Waals surface area contributed by atoms with Gasteiger partial charge in [-0.3, -0.25) is 4.79 Å². The average Bonchev–Trinajstić information content (AvgIpc) is 3.38. The summed E-state index contributed by atoms with van der Waals surface area (Å²) >= 11 is 1.51.